The van der Waals surface area contributed by atoms with Crippen LogP contribution in [0.3, 0.4) is 0 Å². The normalized spacial score (nSPS) is 36.2. The number of nitrogens with zero attached hydrogens (tertiary/aromatic N) is 1. The van der Waals surface area contributed by atoms with E-state index in [-0.39, 0.29) is 5.60 Å². The SMILES string of the molecule is NC1CN(C2CCOC3(CCCCC3)C2)C1. The van der Waals surface area contributed by atoms with Crippen LogP contribution < -0.4 is 5.73 Å². The van der Waals surface area contributed by atoms with Gasteiger partial charge in [0.25, 0.3) is 0 Å². The molecule has 0 aromatic carbocycles. The first-order valence-corrected chi connectivity index (χ1v) is 6.91. The van der Waals surface area contributed by atoms with E-state index >= 15 is 0 Å². The largest absolute Gasteiger partial charge is 0.375 e. The highest BCUT2D eigenvalue weighted by molar-refractivity contribution is 4.96. The van der Waals surface area contributed by atoms with Gasteiger partial charge in [-0.3, -0.25) is 4.90 Å². The fourth-order valence-corrected chi connectivity index (χ4v) is 3.71. The van der Waals surface area contributed by atoms with Crippen LogP contribution in [0.1, 0.15) is 44.9 Å². The third-order valence-corrected chi connectivity index (χ3v) is 4.69. The van der Waals surface area contributed by atoms with Crippen molar-refractivity contribution in [2.24, 2.45) is 5.73 Å². The Morgan fingerprint density at radius 3 is 2.56 bits per heavy atom. The second-order valence-electron chi connectivity index (χ2n) is 5.95. The zero-order valence-electron chi connectivity index (χ0n) is 10.2. The predicted octanol–water partition coefficient (Wildman–Crippen LogP) is 1.51. The van der Waals surface area contributed by atoms with E-state index in [4.69, 9.17) is 10.5 Å². The van der Waals surface area contributed by atoms with Crippen molar-refractivity contribution < 1.29 is 4.74 Å². The summed E-state index contributed by atoms with van der Waals surface area (Å²) < 4.78 is 6.12. The highest BCUT2D eigenvalue weighted by Gasteiger charge is 2.42. The maximum absolute atomic E-state index is 6.12. The zero-order chi connectivity index (χ0) is 11.0. The zero-order valence-corrected chi connectivity index (χ0v) is 10.2. The minimum Gasteiger partial charge on any atom is -0.375 e. The van der Waals surface area contributed by atoms with Gasteiger partial charge in [-0.15, -0.1) is 0 Å². The molecule has 0 bridgehead atoms. The van der Waals surface area contributed by atoms with E-state index in [2.05, 4.69) is 4.90 Å². The lowest BCUT2D eigenvalue weighted by molar-refractivity contribution is -0.131. The average molecular weight is 224 g/mol. The Morgan fingerprint density at radius 2 is 1.88 bits per heavy atom. The van der Waals surface area contributed by atoms with Gasteiger partial charge < -0.3 is 10.5 Å². The summed E-state index contributed by atoms with van der Waals surface area (Å²) in [7, 11) is 0. The van der Waals surface area contributed by atoms with E-state index in [9.17, 15) is 0 Å². The molecule has 3 heteroatoms. The summed E-state index contributed by atoms with van der Waals surface area (Å²) in [5.41, 5.74) is 6.12. The molecular weight excluding hydrogens is 200 g/mol. The molecule has 1 aliphatic carbocycles. The molecule has 1 unspecified atom stereocenters. The molecule has 1 saturated carbocycles. The molecule has 92 valence electrons. The second-order valence-corrected chi connectivity index (χ2v) is 5.95. The molecule has 2 N–H and O–H groups in total. The summed E-state index contributed by atoms with van der Waals surface area (Å²) in [6.07, 6.45) is 9.21. The summed E-state index contributed by atoms with van der Waals surface area (Å²) in [6, 6.07) is 1.19. The van der Waals surface area contributed by atoms with Crippen LogP contribution in [0, 0.1) is 0 Å². The Morgan fingerprint density at radius 1 is 1.12 bits per heavy atom. The van der Waals surface area contributed by atoms with Crippen molar-refractivity contribution in [1.82, 2.24) is 4.90 Å². The van der Waals surface area contributed by atoms with Crippen molar-refractivity contribution >= 4 is 0 Å². The van der Waals surface area contributed by atoms with Gasteiger partial charge in [0.1, 0.15) is 0 Å². The minimum absolute atomic E-state index is 0.251. The van der Waals surface area contributed by atoms with Crippen molar-refractivity contribution in [1.29, 1.82) is 0 Å². The predicted molar refractivity (Wildman–Crippen MR) is 64.3 cm³/mol. The van der Waals surface area contributed by atoms with Crippen LogP contribution in [0.15, 0.2) is 0 Å². The number of hydrogen-bond acceptors (Lipinski definition) is 3. The molecular formula is C13H24N2O. The van der Waals surface area contributed by atoms with Crippen LogP contribution in [0.5, 0.6) is 0 Å². The molecule has 3 aliphatic rings. The molecule has 3 rings (SSSR count). The highest BCUT2D eigenvalue weighted by Crippen LogP contribution is 2.40. The molecule has 1 spiro atoms. The van der Waals surface area contributed by atoms with E-state index in [1.54, 1.807) is 0 Å². The topological polar surface area (TPSA) is 38.5 Å². The van der Waals surface area contributed by atoms with E-state index in [1.807, 2.05) is 0 Å². The molecule has 2 aliphatic heterocycles. The van der Waals surface area contributed by atoms with Crippen LogP contribution in [0.25, 0.3) is 0 Å². The summed E-state index contributed by atoms with van der Waals surface area (Å²) in [5.74, 6) is 0. The third kappa shape index (κ3) is 2.01. The van der Waals surface area contributed by atoms with Gasteiger partial charge in [-0.05, 0) is 25.7 Å². The Kier molecular flexibility index (Phi) is 2.94. The molecule has 0 amide bonds. The molecule has 16 heavy (non-hydrogen) atoms. The first kappa shape index (κ1) is 11.0. The van der Waals surface area contributed by atoms with Gasteiger partial charge >= 0.3 is 0 Å². The number of likely N-dealkylation sites (tertiary alicyclic amines) is 1. The Balaban J connectivity index is 1.60. The number of nitrogens with two attached hydrogens (primary N) is 1. The standard InChI is InChI=1S/C13H24N2O/c14-11-9-15(10-11)12-4-7-16-13(8-12)5-2-1-3-6-13/h11-12H,1-10,14H2. The van der Waals surface area contributed by atoms with Gasteiger partial charge in [0.05, 0.1) is 5.60 Å². The van der Waals surface area contributed by atoms with Gasteiger partial charge in [0.2, 0.25) is 0 Å². The Hall–Kier alpha value is -0.120. The van der Waals surface area contributed by atoms with E-state index in [0.29, 0.717) is 6.04 Å². The minimum atomic E-state index is 0.251. The summed E-state index contributed by atoms with van der Waals surface area (Å²) in [6.45, 7) is 3.19. The molecule has 2 heterocycles. The third-order valence-electron chi connectivity index (χ3n) is 4.69. The van der Waals surface area contributed by atoms with Gasteiger partial charge in [-0.1, -0.05) is 19.3 Å². The van der Waals surface area contributed by atoms with E-state index in [1.165, 1.54) is 44.9 Å². The molecule has 0 aromatic heterocycles. The van der Waals surface area contributed by atoms with Gasteiger partial charge in [0, 0.05) is 31.8 Å². The Bertz CT molecular complexity index is 239. The number of ether oxygens (including phenoxy) is 1. The monoisotopic (exact) mass is 224 g/mol. The van der Waals surface area contributed by atoms with Crippen molar-refractivity contribution in [2.75, 3.05) is 19.7 Å². The molecule has 1 atom stereocenters. The number of hydrogen-bond donors (Lipinski definition) is 1. The maximum atomic E-state index is 6.12. The number of rotatable bonds is 1. The first-order chi connectivity index (χ1) is 7.77. The lowest BCUT2D eigenvalue weighted by Crippen LogP contribution is -2.62. The van der Waals surface area contributed by atoms with Gasteiger partial charge in [0.15, 0.2) is 0 Å². The average Bonchev–Trinajstić information content (AvgIpc) is 2.26. The van der Waals surface area contributed by atoms with E-state index in [0.717, 1.165) is 25.7 Å². The molecule has 2 saturated heterocycles. The Labute approximate surface area is 98.3 Å². The van der Waals surface area contributed by atoms with Crippen molar-refractivity contribution in [3.8, 4) is 0 Å². The summed E-state index contributed by atoms with van der Waals surface area (Å²) in [5, 5.41) is 0. The van der Waals surface area contributed by atoms with Crippen LogP contribution in [-0.2, 0) is 4.74 Å². The fraction of sp³-hybridized carbons (Fsp3) is 1.00. The summed E-state index contributed by atoms with van der Waals surface area (Å²) >= 11 is 0. The second kappa shape index (κ2) is 4.28. The quantitative estimate of drug-likeness (QED) is 0.734. The first-order valence-electron chi connectivity index (χ1n) is 6.91. The van der Waals surface area contributed by atoms with Crippen molar-refractivity contribution in [3.63, 3.8) is 0 Å². The molecule has 0 radical (unpaired) electrons. The summed E-state index contributed by atoms with van der Waals surface area (Å²) in [4.78, 5) is 2.57. The molecule has 3 fully saturated rings. The van der Waals surface area contributed by atoms with Crippen molar-refractivity contribution in [2.45, 2.75) is 62.6 Å². The lowest BCUT2D eigenvalue weighted by Gasteiger charge is -2.50. The van der Waals surface area contributed by atoms with E-state index < -0.39 is 0 Å². The van der Waals surface area contributed by atoms with Crippen molar-refractivity contribution in [3.05, 3.63) is 0 Å². The van der Waals surface area contributed by atoms with Crippen LogP contribution in [0.2, 0.25) is 0 Å². The highest BCUT2D eigenvalue weighted by atomic mass is 16.5. The van der Waals surface area contributed by atoms with Crippen LogP contribution in [0.4, 0.5) is 0 Å². The lowest BCUT2D eigenvalue weighted by atomic mass is 9.77. The van der Waals surface area contributed by atoms with Gasteiger partial charge in [-0.25, -0.2) is 0 Å². The fourth-order valence-electron chi connectivity index (χ4n) is 3.71. The van der Waals surface area contributed by atoms with Crippen LogP contribution >= 0.6 is 0 Å². The maximum Gasteiger partial charge on any atom is 0.0697 e. The smallest absolute Gasteiger partial charge is 0.0697 e. The molecule has 3 nitrogen and oxygen atoms in total. The van der Waals surface area contributed by atoms with Crippen LogP contribution in [-0.4, -0.2) is 42.3 Å². The molecule has 0 aromatic rings. The van der Waals surface area contributed by atoms with Gasteiger partial charge in [-0.2, -0.15) is 0 Å².